The summed E-state index contributed by atoms with van der Waals surface area (Å²) in [5.41, 5.74) is 2.14. The molecule has 0 aliphatic heterocycles. The SMILES string of the molecule is C=CC=CC.[CH2-]c1ccccc1.[CH2-]c1ccccc1.[Zr+2]. The van der Waals surface area contributed by atoms with Gasteiger partial charge in [0, 0.05) is 0 Å². The molecule has 102 valence electrons. The third-order valence-electron chi connectivity index (χ3n) is 2.01. The van der Waals surface area contributed by atoms with Gasteiger partial charge in [0.2, 0.25) is 0 Å². The van der Waals surface area contributed by atoms with E-state index < -0.39 is 0 Å². The Morgan fingerprint density at radius 2 is 1.15 bits per heavy atom. The zero-order chi connectivity index (χ0) is 14.3. The maximum Gasteiger partial charge on any atom is 2.00 e. The summed E-state index contributed by atoms with van der Waals surface area (Å²) in [7, 11) is 0. The molecule has 2 aromatic carbocycles. The number of allylic oxidation sites excluding steroid dienone is 3. The summed E-state index contributed by atoms with van der Waals surface area (Å²) >= 11 is 0. The summed E-state index contributed by atoms with van der Waals surface area (Å²) < 4.78 is 0. The third kappa shape index (κ3) is 14.6. The van der Waals surface area contributed by atoms with Gasteiger partial charge >= 0.3 is 26.2 Å². The van der Waals surface area contributed by atoms with Crippen LogP contribution in [0, 0.1) is 13.8 Å². The molecule has 0 spiro atoms. The van der Waals surface area contributed by atoms with Crippen LogP contribution in [0.25, 0.3) is 0 Å². The van der Waals surface area contributed by atoms with Crippen molar-refractivity contribution in [1.29, 1.82) is 0 Å². The van der Waals surface area contributed by atoms with Crippen LogP contribution in [0.3, 0.4) is 0 Å². The molecule has 0 saturated heterocycles. The topological polar surface area (TPSA) is 0 Å². The van der Waals surface area contributed by atoms with Crippen LogP contribution in [-0.2, 0) is 26.2 Å². The van der Waals surface area contributed by atoms with Crippen molar-refractivity contribution in [3.8, 4) is 0 Å². The van der Waals surface area contributed by atoms with Crippen LogP contribution < -0.4 is 0 Å². The average molecular weight is 342 g/mol. The van der Waals surface area contributed by atoms with Crippen LogP contribution in [-0.4, -0.2) is 0 Å². The van der Waals surface area contributed by atoms with E-state index in [1.54, 1.807) is 6.08 Å². The number of hydrogen-bond donors (Lipinski definition) is 0. The smallest absolute Gasteiger partial charge is 0.199 e. The molecule has 0 nitrogen and oxygen atoms in total. The summed E-state index contributed by atoms with van der Waals surface area (Å²) in [6, 6.07) is 19.7. The van der Waals surface area contributed by atoms with Crippen molar-refractivity contribution < 1.29 is 26.2 Å². The molecule has 2 aromatic rings. The van der Waals surface area contributed by atoms with Crippen molar-refractivity contribution in [2.75, 3.05) is 0 Å². The van der Waals surface area contributed by atoms with Gasteiger partial charge in [-0.1, -0.05) is 36.9 Å². The Bertz CT molecular complexity index is 406. The zero-order valence-corrected chi connectivity index (χ0v) is 14.6. The van der Waals surface area contributed by atoms with E-state index in [1.165, 1.54) is 0 Å². The molecule has 0 saturated carbocycles. The van der Waals surface area contributed by atoms with Crippen LogP contribution >= 0.6 is 0 Å². The Balaban J connectivity index is 0. The van der Waals surface area contributed by atoms with Crippen LogP contribution in [0.4, 0.5) is 0 Å². The molecule has 0 amide bonds. The van der Waals surface area contributed by atoms with Crippen LogP contribution in [0.15, 0.2) is 85.5 Å². The third-order valence-corrected chi connectivity index (χ3v) is 2.01. The largest absolute Gasteiger partial charge is 2.00 e. The molecule has 0 N–H and O–H groups in total. The molecule has 0 unspecified atom stereocenters. The summed E-state index contributed by atoms with van der Waals surface area (Å²) in [5.74, 6) is 0. The van der Waals surface area contributed by atoms with Gasteiger partial charge in [-0.05, 0) is 6.92 Å². The summed E-state index contributed by atoms with van der Waals surface area (Å²) in [5, 5.41) is 0. The molecule has 1 heteroatoms. The van der Waals surface area contributed by atoms with E-state index in [9.17, 15) is 0 Å². The van der Waals surface area contributed by atoms with E-state index in [-0.39, 0.29) is 26.2 Å². The van der Waals surface area contributed by atoms with E-state index >= 15 is 0 Å². The van der Waals surface area contributed by atoms with Gasteiger partial charge in [0.15, 0.2) is 0 Å². The van der Waals surface area contributed by atoms with Crippen LogP contribution in [0.5, 0.6) is 0 Å². The Labute approximate surface area is 143 Å². The predicted molar refractivity (Wildman–Crippen MR) is 86.8 cm³/mol. The van der Waals surface area contributed by atoms with Crippen molar-refractivity contribution in [2.24, 2.45) is 0 Å². The molecule has 0 radical (unpaired) electrons. The first-order valence-corrected chi connectivity index (χ1v) is 6.18. The van der Waals surface area contributed by atoms with Gasteiger partial charge in [-0.15, -0.1) is 24.3 Å². The van der Waals surface area contributed by atoms with Gasteiger partial charge < -0.3 is 0 Å². The predicted octanol–water partition coefficient (Wildman–Crippen LogP) is 5.48. The van der Waals surface area contributed by atoms with Crippen molar-refractivity contribution >= 4 is 0 Å². The minimum atomic E-state index is 0. The minimum Gasteiger partial charge on any atom is -0.199 e. The monoisotopic (exact) mass is 340 g/mol. The number of benzene rings is 2. The van der Waals surface area contributed by atoms with E-state index in [2.05, 4.69) is 20.4 Å². The fourth-order valence-corrected chi connectivity index (χ4v) is 1.09. The first-order valence-electron chi connectivity index (χ1n) is 6.18. The van der Waals surface area contributed by atoms with Gasteiger partial charge in [0.25, 0.3) is 0 Å². The maximum absolute atomic E-state index is 3.72. The van der Waals surface area contributed by atoms with Gasteiger partial charge in [-0.2, -0.15) is 49.2 Å². The summed E-state index contributed by atoms with van der Waals surface area (Å²) in [6.07, 6.45) is 5.58. The molecule has 2 rings (SSSR count). The van der Waals surface area contributed by atoms with E-state index in [1.807, 2.05) is 79.7 Å². The molecule has 0 atom stereocenters. The fraction of sp³-hybridized carbons (Fsp3) is 0.0526. The molecule has 0 heterocycles. The van der Waals surface area contributed by atoms with E-state index in [4.69, 9.17) is 0 Å². The van der Waals surface area contributed by atoms with Crippen molar-refractivity contribution in [1.82, 2.24) is 0 Å². The quantitative estimate of drug-likeness (QED) is 0.476. The number of hydrogen-bond acceptors (Lipinski definition) is 0. The maximum atomic E-state index is 3.72. The second kappa shape index (κ2) is 15.6. The summed E-state index contributed by atoms with van der Waals surface area (Å²) in [6.45, 7) is 12.9. The van der Waals surface area contributed by atoms with Gasteiger partial charge in [0.05, 0.1) is 0 Å². The van der Waals surface area contributed by atoms with Crippen LogP contribution in [0.1, 0.15) is 18.1 Å². The Morgan fingerprint density at radius 1 is 0.800 bits per heavy atom. The second-order valence-electron chi connectivity index (χ2n) is 3.73. The van der Waals surface area contributed by atoms with Crippen LogP contribution in [0.2, 0.25) is 0 Å². The first-order chi connectivity index (χ1) is 9.20. The normalized spacial score (nSPS) is 8.25. The molecule has 0 aromatic heterocycles. The zero-order valence-electron chi connectivity index (χ0n) is 12.1. The Morgan fingerprint density at radius 3 is 1.25 bits per heavy atom. The van der Waals surface area contributed by atoms with E-state index in [0.717, 1.165) is 11.1 Å². The molecular formula is C19H22Zr. The first kappa shape index (κ1) is 20.9. The summed E-state index contributed by atoms with van der Waals surface area (Å²) in [4.78, 5) is 0. The Kier molecular flexibility index (Phi) is 16.3. The van der Waals surface area contributed by atoms with Gasteiger partial charge in [-0.25, -0.2) is 0 Å². The average Bonchev–Trinajstić information content (AvgIpc) is 2.43. The fourth-order valence-electron chi connectivity index (χ4n) is 1.09. The Hall–Kier alpha value is -1.46. The molecule has 0 bridgehead atoms. The van der Waals surface area contributed by atoms with Gasteiger partial charge in [-0.3, -0.25) is 0 Å². The van der Waals surface area contributed by atoms with Gasteiger partial charge in [0.1, 0.15) is 0 Å². The molecule has 0 aliphatic rings. The second-order valence-corrected chi connectivity index (χ2v) is 3.73. The minimum absolute atomic E-state index is 0. The molecular weight excluding hydrogens is 319 g/mol. The molecule has 0 fully saturated rings. The van der Waals surface area contributed by atoms with Crippen molar-refractivity contribution in [3.05, 3.63) is 110 Å². The molecule has 0 aliphatic carbocycles. The van der Waals surface area contributed by atoms with Crippen molar-refractivity contribution in [2.45, 2.75) is 6.92 Å². The van der Waals surface area contributed by atoms with E-state index in [0.29, 0.717) is 0 Å². The van der Waals surface area contributed by atoms with Crippen molar-refractivity contribution in [3.63, 3.8) is 0 Å². The molecule has 20 heavy (non-hydrogen) atoms. The number of rotatable bonds is 1. The standard InChI is InChI=1S/2C7H7.C5H8.Zr/c2*1-7-5-3-2-4-6-7;1-3-5-4-2;/h2*2-6H,1H2;3-5H,1H2,2H3;/q2*-1;;+2.